The lowest BCUT2D eigenvalue weighted by Gasteiger charge is -2.07. The van der Waals surface area contributed by atoms with Crippen molar-refractivity contribution < 1.29 is 9.26 Å². The molecular weight excluding hydrogens is 408 g/mol. The summed E-state index contributed by atoms with van der Waals surface area (Å²) in [5.41, 5.74) is 2.75. The number of benzene rings is 2. The van der Waals surface area contributed by atoms with E-state index >= 15 is 0 Å². The Morgan fingerprint density at radius 2 is 1.76 bits per heavy atom. The van der Waals surface area contributed by atoms with Crippen molar-refractivity contribution >= 4 is 23.4 Å². The lowest BCUT2D eigenvalue weighted by Crippen LogP contribution is -1.99. The van der Waals surface area contributed by atoms with Crippen molar-refractivity contribution in [1.29, 1.82) is 0 Å². The normalized spacial score (nSPS) is 11.0. The number of nitrogens with zero attached hydrogens (tertiary/aromatic N) is 4. The lowest BCUT2D eigenvalue weighted by atomic mass is 10.1. The third-order valence-corrected chi connectivity index (χ3v) is 5.66. The summed E-state index contributed by atoms with van der Waals surface area (Å²) in [4.78, 5) is 0. The van der Waals surface area contributed by atoms with Gasteiger partial charge in [-0.2, -0.15) is 0 Å². The first-order valence-corrected chi connectivity index (χ1v) is 10.5. The highest BCUT2D eigenvalue weighted by Crippen LogP contribution is 2.29. The molecule has 29 heavy (non-hydrogen) atoms. The van der Waals surface area contributed by atoms with Gasteiger partial charge < -0.3 is 13.8 Å². The molecule has 2 heterocycles. The van der Waals surface area contributed by atoms with E-state index in [4.69, 9.17) is 20.9 Å². The Hall–Kier alpha value is -2.77. The van der Waals surface area contributed by atoms with E-state index in [1.54, 1.807) is 18.9 Å². The molecule has 0 N–H and O–H groups in total. The lowest BCUT2D eigenvalue weighted by molar-refractivity contribution is 0.397. The average molecular weight is 427 g/mol. The number of thioether (sulfide) groups is 1. The quantitative estimate of drug-likeness (QED) is 0.360. The Morgan fingerprint density at radius 3 is 2.45 bits per heavy atom. The summed E-state index contributed by atoms with van der Waals surface area (Å²) in [6, 6.07) is 17.3. The molecule has 0 bridgehead atoms. The molecule has 8 heteroatoms. The molecule has 0 aliphatic heterocycles. The summed E-state index contributed by atoms with van der Waals surface area (Å²) in [6.45, 7) is 2.84. The van der Waals surface area contributed by atoms with E-state index in [1.165, 1.54) is 0 Å². The fourth-order valence-corrected chi connectivity index (χ4v) is 3.91. The summed E-state index contributed by atoms with van der Waals surface area (Å²) in [5.74, 6) is 3.03. The topological polar surface area (TPSA) is 66.0 Å². The molecular formula is C21H19ClN4O2S. The zero-order valence-corrected chi connectivity index (χ0v) is 17.6. The highest BCUT2D eigenvalue weighted by Gasteiger charge is 2.15. The fraction of sp³-hybridized carbons (Fsp3) is 0.190. The average Bonchev–Trinajstić information content (AvgIpc) is 3.39. The zero-order valence-electron chi connectivity index (χ0n) is 16.0. The predicted molar refractivity (Wildman–Crippen MR) is 114 cm³/mol. The molecule has 0 saturated heterocycles. The minimum absolute atomic E-state index is 0.612. The molecule has 0 fully saturated rings. The maximum Gasteiger partial charge on any atom is 0.191 e. The highest BCUT2D eigenvalue weighted by molar-refractivity contribution is 7.98. The van der Waals surface area contributed by atoms with Crippen molar-refractivity contribution in [3.05, 3.63) is 65.4 Å². The van der Waals surface area contributed by atoms with Crippen molar-refractivity contribution in [3.8, 4) is 28.4 Å². The van der Waals surface area contributed by atoms with Gasteiger partial charge in [0.15, 0.2) is 11.0 Å². The first-order valence-electron chi connectivity index (χ1n) is 9.10. The largest absolute Gasteiger partial charge is 0.497 e. The van der Waals surface area contributed by atoms with Crippen molar-refractivity contribution in [2.75, 3.05) is 7.11 Å². The van der Waals surface area contributed by atoms with Crippen LogP contribution in [-0.4, -0.2) is 27.0 Å². The van der Waals surface area contributed by atoms with Gasteiger partial charge in [-0.05, 0) is 43.3 Å². The number of rotatable bonds is 7. The van der Waals surface area contributed by atoms with E-state index in [2.05, 4.69) is 26.8 Å². The van der Waals surface area contributed by atoms with Gasteiger partial charge >= 0.3 is 0 Å². The highest BCUT2D eigenvalue weighted by atomic mass is 35.5. The van der Waals surface area contributed by atoms with Crippen LogP contribution in [0.3, 0.4) is 0 Å². The standard InChI is InChI=1S/C21H19ClN4O2S/c1-3-26-20(15-6-10-17(27-2)11-7-15)23-24-21(26)29-13-18-12-19(25-28-18)14-4-8-16(22)9-5-14/h4-12H,3,13H2,1-2H3. The Morgan fingerprint density at radius 1 is 1.03 bits per heavy atom. The van der Waals surface area contributed by atoms with Gasteiger partial charge in [-0.15, -0.1) is 10.2 Å². The molecule has 0 radical (unpaired) electrons. The molecule has 148 valence electrons. The molecule has 0 spiro atoms. The minimum atomic E-state index is 0.612. The van der Waals surface area contributed by atoms with Crippen LogP contribution in [0.1, 0.15) is 12.7 Å². The molecule has 0 atom stereocenters. The van der Waals surface area contributed by atoms with E-state index in [0.717, 1.165) is 45.9 Å². The molecule has 4 rings (SSSR count). The fourth-order valence-electron chi connectivity index (χ4n) is 2.91. The molecule has 2 aromatic carbocycles. The van der Waals surface area contributed by atoms with Crippen LogP contribution in [0, 0.1) is 0 Å². The number of aromatic nitrogens is 4. The van der Waals surface area contributed by atoms with Crippen LogP contribution in [0.2, 0.25) is 5.02 Å². The molecule has 6 nitrogen and oxygen atoms in total. The molecule has 0 saturated carbocycles. The third-order valence-electron chi connectivity index (χ3n) is 4.42. The van der Waals surface area contributed by atoms with Crippen molar-refractivity contribution in [3.63, 3.8) is 0 Å². The minimum Gasteiger partial charge on any atom is -0.497 e. The second kappa shape index (κ2) is 8.71. The smallest absolute Gasteiger partial charge is 0.191 e. The molecule has 4 aromatic rings. The molecule has 0 aliphatic rings. The van der Waals surface area contributed by atoms with Crippen LogP contribution in [0.15, 0.2) is 64.3 Å². The zero-order chi connectivity index (χ0) is 20.2. The van der Waals surface area contributed by atoms with Gasteiger partial charge in [0.25, 0.3) is 0 Å². The Balaban J connectivity index is 1.49. The predicted octanol–water partition coefficient (Wildman–Crippen LogP) is 5.57. The van der Waals surface area contributed by atoms with E-state index in [0.29, 0.717) is 10.8 Å². The Labute approximate surface area is 177 Å². The van der Waals surface area contributed by atoms with Gasteiger partial charge in [-0.3, -0.25) is 0 Å². The van der Waals surface area contributed by atoms with Crippen molar-refractivity contribution in [1.82, 2.24) is 19.9 Å². The van der Waals surface area contributed by atoms with E-state index < -0.39 is 0 Å². The SMILES string of the molecule is CCn1c(SCc2cc(-c3ccc(Cl)cc3)no2)nnc1-c1ccc(OC)cc1. The second-order valence-electron chi connectivity index (χ2n) is 6.25. The van der Waals surface area contributed by atoms with Crippen LogP contribution >= 0.6 is 23.4 Å². The molecule has 0 aliphatic carbocycles. The van der Waals surface area contributed by atoms with Gasteiger partial charge in [-0.25, -0.2) is 0 Å². The van der Waals surface area contributed by atoms with Crippen LogP contribution in [-0.2, 0) is 12.3 Å². The van der Waals surface area contributed by atoms with Crippen LogP contribution < -0.4 is 4.74 Å². The van der Waals surface area contributed by atoms with Gasteiger partial charge in [0, 0.05) is 28.8 Å². The van der Waals surface area contributed by atoms with E-state index in [1.807, 2.05) is 54.6 Å². The van der Waals surface area contributed by atoms with E-state index in [9.17, 15) is 0 Å². The Kier molecular flexibility index (Phi) is 5.87. The number of hydrogen-bond donors (Lipinski definition) is 0. The first-order chi connectivity index (χ1) is 14.2. The van der Waals surface area contributed by atoms with Crippen LogP contribution in [0.25, 0.3) is 22.6 Å². The molecule has 0 amide bonds. The van der Waals surface area contributed by atoms with Crippen molar-refractivity contribution in [2.24, 2.45) is 0 Å². The Bertz CT molecular complexity index is 1090. The van der Waals surface area contributed by atoms with Gasteiger partial charge in [0.05, 0.1) is 12.9 Å². The summed E-state index contributed by atoms with van der Waals surface area (Å²) < 4.78 is 12.8. The molecule has 2 aromatic heterocycles. The summed E-state index contributed by atoms with van der Waals surface area (Å²) in [5, 5.41) is 14.4. The maximum atomic E-state index is 5.94. The first kappa shape index (κ1) is 19.5. The number of halogens is 1. The molecule has 0 unspecified atom stereocenters. The van der Waals surface area contributed by atoms with Crippen LogP contribution in [0.4, 0.5) is 0 Å². The van der Waals surface area contributed by atoms with Gasteiger partial charge in [0.2, 0.25) is 0 Å². The van der Waals surface area contributed by atoms with Crippen LogP contribution in [0.5, 0.6) is 5.75 Å². The van der Waals surface area contributed by atoms with Gasteiger partial charge in [0.1, 0.15) is 17.2 Å². The third kappa shape index (κ3) is 4.31. The number of methoxy groups -OCH3 is 1. The van der Waals surface area contributed by atoms with Gasteiger partial charge in [-0.1, -0.05) is 40.7 Å². The maximum absolute atomic E-state index is 5.94. The number of ether oxygens (including phenoxy) is 1. The summed E-state index contributed by atoms with van der Waals surface area (Å²) in [7, 11) is 1.65. The second-order valence-corrected chi connectivity index (χ2v) is 7.63. The van der Waals surface area contributed by atoms with Crippen molar-refractivity contribution in [2.45, 2.75) is 24.4 Å². The summed E-state index contributed by atoms with van der Waals surface area (Å²) in [6.07, 6.45) is 0. The van der Waals surface area contributed by atoms with E-state index in [-0.39, 0.29) is 0 Å². The number of hydrogen-bond acceptors (Lipinski definition) is 6. The monoisotopic (exact) mass is 426 g/mol. The summed E-state index contributed by atoms with van der Waals surface area (Å²) >= 11 is 7.51.